The summed E-state index contributed by atoms with van der Waals surface area (Å²) < 4.78 is 7.89. The van der Waals surface area contributed by atoms with Crippen molar-refractivity contribution in [2.45, 2.75) is 6.10 Å². The summed E-state index contributed by atoms with van der Waals surface area (Å²) >= 11 is 6.92. The van der Waals surface area contributed by atoms with E-state index in [1.54, 1.807) is 0 Å². The molecule has 94 valence electrons. The Kier molecular flexibility index (Phi) is 4.80. The fraction of sp³-hybridized carbons (Fsp3) is 0.143. The zero-order chi connectivity index (χ0) is 13.0. The lowest BCUT2D eigenvalue weighted by atomic mass is 10.1. The molecular formula is C14H13Br2NO. The first-order valence-corrected chi connectivity index (χ1v) is 7.16. The number of hydrogen-bond donors (Lipinski definition) is 1. The van der Waals surface area contributed by atoms with Crippen LogP contribution in [0.5, 0.6) is 5.75 Å². The van der Waals surface area contributed by atoms with Gasteiger partial charge in [0.2, 0.25) is 0 Å². The van der Waals surface area contributed by atoms with Gasteiger partial charge in [0.25, 0.3) is 0 Å². The van der Waals surface area contributed by atoms with Crippen molar-refractivity contribution in [2.24, 2.45) is 5.73 Å². The van der Waals surface area contributed by atoms with E-state index < -0.39 is 0 Å². The highest BCUT2D eigenvalue weighted by Gasteiger charge is 2.13. The molecule has 4 heteroatoms. The number of ether oxygens (including phenoxy) is 1. The van der Waals surface area contributed by atoms with Crippen LogP contribution >= 0.6 is 31.9 Å². The molecule has 0 amide bonds. The molecule has 0 saturated heterocycles. The van der Waals surface area contributed by atoms with E-state index in [4.69, 9.17) is 10.5 Å². The molecule has 2 aromatic carbocycles. The summed E-state index contributed by atoms with van der Waals surface area (Å²) in [6, 6.07) is 15.8. The van der Waals surface area contributed by atoms with Crippen LogP contribution in [-0.2, 0) is 0 Å². The third-order valence-corrected chi connectivity index (χ3v) is 3.69. The molecule has 0 aromatic heterocycles. The van der Waals surface area contributed by atoms with Crippen LogP contribution in [0.4, 0.5) is 0 Å². The zero-order valence-electron chi connectivity index (χ0n) is 9.64. The summed E-state index contributed by atoms with van der Waals surface area (Å²) in [5.41, 5.74) is 6.86. The lowest BCUT2D eigenvalue weighted by Crippen LogP contribution is -2.18. The lowest BCUT2D eigenvalue weighted by Gasteiger charge is -2.19. The van der Waals surface area contributed by atoms with E-state index in [2.05, 4.69) is 31.9 Å². The van der Waals surface area contributed by atoms with E-state index in [0.29, 0.717) is 6.54 Å². The van der Waals surface area contributed by atoms with E-state index in [0.717, 1.165) is 20.3 Å². The van der Waals surface area contributed by atoms with Crippen LogP contribution < -0.4 is 10.5 Å². The SMILES string of the molecule is NCC(Oc1ccccc1Br)c1cccc(Br)c1. The maximum atomic E-state index is 5.94. The first-order chi connectivity index (χ1) is 8.70. The molecule has 0 radical (unpaired) electrons. The average molecular weight is 371 g/mol. The summed E-state index contributed by atoms with van der Waals surface area (Å²) in [4.78, 5) is 0. The molecule has 2 nitrogen and oxygen atoms in total. The molecule has 0 aliphatic carbocycles. The van der Waals surface area contributed by atoms with Gasteiger partial charge in [-0.3, -0.25) is 0 Å². The Hall–Kier alpha value is -0.840. The van der Waals surface area contributed by atoms with Crippen molar-refractivity contribution < 1.29 is 4.74 Å². The van der Waals surface area contributed by atoms with Gasteiger partial charge in [0.15, 0.2) is 0 Å². The Morgan fingerprint density at radius 1 is 1.06 bits per heavy atom. The molecule has 0 bridgehead atoms. The third kappa shape index (κ3) is 3.34. The smallest absolute Gasteiger partial charge is 0.136 e. The van der Waals surface area contributed by atoms with Gasteiger partial charge in [0, 0.05) is 11.0 Å². The Morgan fingerprint density at radius 2 is 1.83 bits per heavy atom. The van der Waals surface area contributed by atoms with Crippen LogP contribution in [-0.4, -0.2) is 6.54 Å². The predicted octanol–water partition coefficient (Wildman–Crippen LogP) is 4.29. The highest BCUT2D eigenvalue weighted by Crippen LogP contribution is 2.29. The number of benzene rings is 2. The summed E-state index contributed by atoms with van der Waals surface area (Å²) in [5.74, 6) is 0.799. The Labute approximate surface area is 123 Å². The van der Waals surface area contributed by atoms with E-state index in [9.17, 15) is 0 Å². The Bertz CT molecular complexity index is 531. The third-order valence-electron chi connectivity index (χ3n) is 2.54. The van der Waals surface area contributed by atoms with E-state index in [1.807, 2.05) is 48.5 Å². The van der Waals surface area contributed by atoms with Crippen molar-refractivity contribution in [1.29, 1.82) is 0 Å². The van der Waals surface area contributed by atoms with Gasteiger partial charge in [-0.2, -0.15) is 0 Å². The van der Waals surface area contributed by atoms with Crippen LogP contribution in [0.2, 0.25) is 0 Å². The van der Waals surface area contributed by atoms with Crippen LogP contribution in [0.25, 0.3) is 0 Å². The second-order valence-electron chi connectivity index (χ2n) is 3.83. The van der Waals surface area contributed by atoms with Crippen molar-refractivity contribution in [3.63, 3.8) is 0 Å². The summed E-state index contributed by atoms with van der Waals surface area (Å²) in [6.45, 7) is 0.428. The van der Waals surface area contributed by atoms with Gasteiger partial charge in [0.05, 0.1) is 4.47 Å². The van der Waals surface area contributed by atoms with E-state index in [-0.39, 0.29) is 6.10 Å². The topological polar surface area (TPSA) is 35.2 Å². The maximum absolute atomic E-state index is 5.94. The van der Waals surface area contributed by atoms with Crippen LogP contribution in [0, 0.1) is 0 Å². The van der Waals surface area contributed by atoms with Gasteiger partial charge in [0.1, 0.15) is 11.9 Å². The Morgan fingerprint density at radius 3 is 2.50 bits per heavy atom. The fourth-order valence-electron chi connectivity index (χ4n) is 1.65. The first-order valence-electron chi connectivity index (χ1n) is 5.57. The van der Waals surface area contributed by atoms with Crippen molar-refractivity contribution in [3.8, 4) is 5.75 Å². The second-order valence-corrected chi connectivity index (χ2v) is 5.60. The highest BCUT2D eigenvalue weighted by atomic mass is 79.9. The molecule has 0 saturated carbocycles. The number of halogens is 2. The molecule has 2 N–H and O–H groups in total. The van der Waals surface area contributed by atoms with E-state index >= 15 is 0 Å². The molecular weight excluding hydrogens is 358 g/mol. The lowest BCUT2D eigenvalue weighted by molar-refractivity contribution is 0.213. The number of para-hydroxylation sites is 1. The van der Waals surface area contributed by atoms with Gasteiger partial charge in [-0.15, -0.1) is 0 Å². The van der Waals surface area contributed by atoms with Crippen molar-refractivity contribution in [1.82, 2.24) is 0 Å². The van der Waals surface area contributed by atoms with Gasteiger partial charge < -0.3 is 10.5 Å². The molecule has 2 rings (SSSR count). The molecule has 2 aromatic rings. The molecule has 0 heterocycles. The second kappa shape index (κ2) is 6.36. The largest absolute Gasteiger partial charge is 0.483 e. The van der Waals surface area contributed by atoms with Gasteiger partial charge >= 0.3 is 0 Å². The quantitative estimate of drug-likeness (QED) is 0.871. The minimum atomic E-state index is -0.152. The number of rotatable bonds is 4. The average Bonchev–Trinajstić information content (AvgIpc) is 2.38. The van der Waals surface area contributed by atoms with Gasteiger partial charge in [-0.25, -0.2) is 0 Å². The normalized spacial score (nSPS) is 12.2. The predicted molar refractivity (Wildman–Crippen MR) is 80.7 cm³/mol. The van der Waals surface area contributed by atoms with E-state index in [1.165, 1.54) is 0 Å². The summed E-state index contributed by atoms with van der Waals surface area (Å²) in [5, 5.41) is 0. The fourth-order valence-corrected chi connectivity index (χ4v) is 2.45. The number of hydrogen-bond acceptors (Lipinski definition) is 2. The molecule has 18 heavy (non-hydrogen) atoms. The van der Waals surface area contributed by atoms with Crippen molar-refractivity contribution in [3.05, 3.63) is 63.0 Å². The first kappa shape index (κ1) is 13.6. The maximum Gasteiger partial charge on any atom is 0.136 e. The van der Waals surface area contributed by atoms with Crippen molar-refractivity contribution in [2.75, 3.05) is 6.54 Å². The van der Waals surface area contributed by atoms with Crippen LogP contribution in [0.3, 0.4) is 0 Å². The standard InChI is InChI=1S/C14H13Br2NO/c15-11-5-3-4-10(8-11)14(9-17)18-13-7-2-1-6-12(13)16/h1-8,14H,9,17H2. The van der Waals surface area contributed by atoms with Crippen LogP contribution in [0.15, 0.2) is 57.5 Å². The molecule has 1 atom stereocenters. The Balaban J connectivity index is 2.23. The van der Waals surface area contributed by atoms with Crippen LogP contribution in [0.1, 0.15) is 11.7 Å². The minimum absolute atomic E-state index is 0.152. The molecule has 0 fully saturated rings. The number of nitrogens with two attached hydrogens (primary N) is 1. The highest BCUT2D eigenvalue weighted by molar-refractivity contribution is 9.10. The zero-order valence-corrected chi connectivity index (χ0v) is 12.8. The molecule has 0 spiro atoms. The molecule has 0 aliphatic rings. The van der Waals surface area contributed by atoms with Gasteiger partial charge in [-0.1, -0.05) is 40.2 Å². The van der Waals surface area contributed by atoms with Gasteiger partial charge in [-0.05, 0) is 45.8 Å². The van der Waals surface area contributed by atoms with Crippen molar-refractivity contribution >= 4 is 31.9 Å². The molecule has 1 unspecified atom stereocenters. The molecule has 0 aliphatic heterocycles. The minimum Gasteiger partial charge on any atom is -0.483 e. The summed E-state index contributed by atoms with van der Waals surface area (Å²) in [7, 11) is 0. The monoisotopic (exact) mass is 369 g/mol. The summed E-state index contributed by atoms with van der Waals surface area (Å²) in [6.07, 6.45) is -0.152.